The topological polar surface area (TPSA) is 64.9 Å². The van der Waals surface area contributed by atoms with Crippen LogP contribution in [0.5, 0.6) is 0 Å². The highest BCUT2D eigenvalue weighted by Crippen LogP contribution is 2.31. The zero-order valence-corrected chi connectivity index (χ0v) is 9.76. The summed E-state index contributed by atoms with van der Waals surface area (Å²) in [6, 6.07) is 0. The van der Waals surface area contributed by atoms with E-state index in [-0.39, 0.29) is 0 Å². The average molecular weight is 223 g/mol. The maximum absolute atomic E-state index is 5.97. The lowest BCUT2D eigenvalue weighted by Gasteiger charge is -2.13. The summed E-state index contributed by atoms with van der Waals surface area (Å²) >= 11 is 1.58. The van der Waals surface area contributed by atoms with E-state index in [0.29, 0.717) is 0 Å². The van der Waals surface area contributed by atoms with Crippen LogP contribution in [0.25, 0.3) is 10.4 Å². The van der Waals surface area contributed by atoms with Gasteiger partial charge in [-0.1, -0.05) is 5.16 Å². The molecule has 5 heteroatoms. The van der Waals surface area contributed by atoms with Crippen molar-refractivity contribution in [1.82, 2.24) is 10.1 Å². The molecule has 15 heavy (non-hydrogen) atoms. The van der Waals surface area contributed by atoms with Crippen LogP contribution < -0.4 is 5.73 Å². The summed E-state index contributed by atoms with van der Waals surface area (Å²) in [6.07, 6.45) is 3.52. The fourth-order valence-electron chi connectivity index (χ4n) is 1.23. The van der Waals surface area contributed by atoms with Crippen LogP contribution in [-0.4, -0.2) is 10.1 Å². The van der Waals surface area contributed by atoms with Gasteiger partial charge < -0.3 is 10.3 Å². The molecule has 2 aromatic heterocycles. The van der Waals surface area contributed by atoms with Gasteiger partial charge in [0.25, 0.3) is 0 Å². The average Bonchev–Trinajstić information content (AvgIpc) is 2.69. The highest BCUT2D eigenvalue weighted by atomic mass is 32.1. The molecule has 0 aliphatic carbocycles. The smallest absolute Gasteiger partial charge is 0.142 e. The lowest BCUT2D eigenvalue weighted by atomic mass is 10.1. The lowest BCUT2D eigenvalue weighted by Crippen LogP contribution is -2.28. The summed E-state index contributed by atoms with van der Waals surface area (Å²) in [7, 11) is 0. The van der Waals surface area contributed by atoms with Gasteiger partial charge in [-0.15, -0.1) is 11.3 Å². The third-order valence-corrected chi connectivity index (χ3v) is 3.44. The highest BCUT2D eigenvalue weighted by Gasteiger charge is 2.20. The molecule has 4 nitrogen and oxygen atoms in total. The molecule has 0 unspecified atom stereocenters. The lowest BCUT2D eigenvalue weighted by molar-refractivity contribution is 0.398. The number of hydrogen-bond donors (Lipinski definition) is 1. The molecular formula is C10H13N3OS. The Kier molecular flexibility index (Phi) is 2.36. The molecule has 0 saturated heterocycles. The predicted molar refractivity (Wildman–Crippen MR) is 59.6 cm³/mol. The molecule has 2 aromatic rings. The second-order valence-electron chi connectivity index (χ2n) is 4.05. The van der Waals surface area contributed by atoms with Crippen LogP contribution in [0.4, 0.5) is 0 Å². The van der Waals surface area contributed by atoms with E-state index in [9.17, 15) is 0 Å². The molecule has 0 amide bonds. The normalized spacial score (nSPS) is 12.0. The second kappa shape index (κ2) is 3.43. The van der Waals surface area contributed by atoms with Gasteiger partial charge in [0.1, 0.15) is 10.8 Å². The van der Waals surface area contributed by atoms with Crippen LogP contribution in [-0.2, 0) is 5.54 Å². The van der Waals surface area contributed by atoms with Crippen LogP contribution in [0.15, 0.2) is 16.9 Å². The molecule has 0 fully saturated rings. The predicted octanol–water partition coefficient (Wildman–Crippen LogP) is 2.30. The molecular weight excluding hydrogens is 210 g/mol. The van der Waals surface area contributed by atoms with Crippen molar-refractivity contribution in [3.63, 3.8) is 0 Å². The maximum Gasteiger partial charge on any atom is 0.142 e. The minimum Gasteiger partial charge on any atom is -0.361 e. The molecule has 0 spiro atoms. The Hall–Kier alpha value is -1.20. The first-order chi connectivity index (χ1) is 6.98. The molecule has 0 radical (unpaired) electrons. The quantitative estimate of drug-likeness (QED) is 0.848. The van der Waals surface area contributed by atoms with Crippen LogP contribution in [0.3, 0.4) is 0 Å². The zero-order valence-electron chi connectivity index (χ0n) is 8.94. The Morgan fingerprint density at radius 1 is 1.40 bits per heavy atom. The summed E-state index contributed by atoms with van der Waals surface area (Å²) in [6.45, 7) is 5.77. The number of aromatic nitrogens is 2. The number of thiazole rings is 1. The van der Waals surface area contributed by atoms with Crippen molar-refractivity contribution in [3.8, 4) is 10.4 Å². The van der Waals surface area contributed by atoms with Gasteiger partial charge in [-0.2, -0.15) is 0 Å². The summed E-state index contributed by atoms with van der Waals surface area (Å²) in [5.74, 6) is 0.806. The van der Waals surface area contributed by atoms with Gasteiger partial charge in [0.15, 0.2) is 0 Å². The summed E-state index contributed by atoms with van der Waals surface area (Å²) in [5.41, 5.74) is 6.56. The number of nitrogens with zero attached hydrogens (tertiary/aromatic N) is 2. The Morgan fingerprint density at radius 2 is 2.13 bits per heavy atom. The van der Waals surface area contributed by atoms with Crippen molar-refractivity contribution in [2.45, 2.75) is 26.3 Å². The van der Waals surface area contributed by atoms with E-state index in [1.807, 2.05) is 27.0 Å². The Balaban J connectivity index is 2.41. The third-order valence-electron chi connectivity index (χ3n) is 2.07. The Bertz CT molecular complexity index is 467. The van der Waals surface area contributed by atoms with E-state index in [1.165, 1.54) is 0 Å². The van der Waals surface area contributed by atoms with Crippen molar-refractivity contribution < 1.29 is 4.52 Å². The number of rotatable bonds is 2. The standard InChI is InChI=1S/C10H13N3OS/c1-6-7(4-13-14-6)8-5-12-9(15-8)10(2,3)11/h4-5H,11H2,1-3H3. The van der Waals surface area contributed by atoms with E-state index < -0.39 is 5.54 Å². The molecule has 2 rings (SSSR count). The molecule has 2 heterocycles. The van der Waals surface area contributed by atoms with Crippen LogP contribution in [0.1, 0.15) is 24.6 Å². The summed E-state index contributed by atoms with van der Waals surface area (Å²) in [4.78, 5) is 5.35. The monoisotopic (exact) mass is 223 g/mol. The summed E-state index contributed by atoms with van der Waals surface area (Å²) in [5, 5.41) is 4.66. The summed E-state index contributed by atoms with van der Waals surface area (Å²) < 4.78 is 5.01. The number of hydrogen-bond acceptors (Lipinski definition) is 5. The molecule has 0 aliphatic heterocycles. The zero-order chi connectivity index (χ0) is 11.1. The number of aryl methyl sites for hydroxylation is 1. The first kappa shape index (κ1) is 10.3. The minimum atomic E-state index is -0.395. The second-order valence-corrected chi connectivity index (χ2v) is 5.08. The molecule has 0 bridgehead atoms. The Labute approximate surface area is 92.1 Å². The molecule has 0 saturated carbocycles. The van der Waals surface area contributed by atoms with Gasteiger partial charge in [-0.3, -0.25) is 0 Å². The molecule has 80 valence electrons. The fraction of sp³-hybridized carbons (Fsp3) is 0.400. The minimum absolute atomic E-state index is 0.395. The third kappa shape index (κ3) is 1.93. The van der Waals surface area contributed by atoms with Crippen molar-refractivity contribution >= 4 is 11.3 Å². The largest absolute Gasteiger partial charge is 0.361 e. The maximum atomic E-state index is 5.97. The first-order valence-electron chi connectivity index (χ1n) is 4.65. The fourth-order valence-corrected chi connectivity index (χ4v) is 2.22. The van der Waals surface area contributed by atoms with Crippen molar-refractivity contribution in [2.24, 2.45) is 5.73 Å². The SMILES string of the molecule is Cc1oncc1-c1cnc(C(C)(C)N)s1. The molecule has 0 aromatic carbocycles. The van der Waals surface area contributed by atoms with E-state index in [4.69, 9.17) is 10.3 Å². The van der Waals surface area contributed by atoms with Crippen LogP contribution in [0.2, 0.25) is 0 Å². The molecule has 0 atom stereocenters. The van der Waals surface area contributed by atoms with Gasteiger partial charge in [-0.05, 0) is 20.8 Å². The van der Waals surface area contributed by atoms with E-state index in [0.717, 1.165) is 21.2 Å². The van der Waals surface area contributed by atoms with Gasteiger partial charge in [-0.25, -0.2) is 4.98 Å². The van der Waals surface area contributed by atoms with E-state index in [1.54, 1.807) is 17.5 Å². The van der Waals surface area contributed by atoms with Crippen LogP contribution in [0, 0.1) is 6.92 Å². The van der Waals surface area contributed by atoms with E-state index in [2.05, 4.69) is 10.1 Å². The highest BCUT2D eigenvalue weighted by molar-refractivity contribution is 7.15. The molecule has 0 aliphatic rings. The molecule has 2 N–H and O–H groups in total. The van der Waals surface area contributed by atoms with Crippen molar-refractivity contribution in [3.05, 3.63) is 23.2 Å². The van der Waals surface area contributed by atoms with Gasteiger partial charge in [0.2, 0.25) is 0 Å². The van der Waals surface area contributed by atoms with Gasteiger partial charge >= 0.3 is 0 Å². The van der Waals surface area contributed by atoms with Crippen molar-refractivity contribution in [1.29, 1.82) is 0 Å². The number of nitrogens with two attached hydrogens (primary N) is 1. The van der Waals surface area contributed by atoms with Crippen molar-refractivity contribution in [2.75, 3.05) is 0 Å². The first-order valence-corrected chi connectivity index (χ1v) is 5.47. The van der Waals surface area contributed by atoms with Crippen LogP contribution >= 0.6 is 11.3 Å². The van der Waals surface area contributed by atoms with E-state index >= 15 is 0 Å². The van der Waals surface area contributed by atoms with Gasteiger partial charge in [0, 0.05) is 6.20 Å². The van der Waals surface area contributed by atoms with Gasteiger partial charge in [0.05, 0.1) is 22.2 Å². The Morgan fingerprint density at radius 3 is 2.60 bits per heavy atom.